The number of amides is 1. The highest BCUT2D eigenvalue weighted by Crippen LogP contribution is 2.29. The molecule has 3 aromatic rings. The Hall–Kier alpha value is -2.94. The van der Waals surface area contributed by atoms with E-state index in [2.05, 4.69) is 15.4 Å². The molecule has 136 valence electrons. The summed E-state index contributed by atoms with van der Waals surface area (Å²) in [5.74, 6) is -0.481. The van der Waals surface area contributed by atoms with Crippen molar-refractivity contribution in [1.82, 2.24) is 14.6 Å². The summed E-state index contributed by atoms with van der Waals surface area (Å²) >= 11 is 0. The number of fused-ring (bicyclic) bond motifs is 1. The van der Waals surface area contributed by atoms with Crippen molar-refractivity contribution in [3.05, 3.63) is 42.6 Å². The van der Waals surface area contributed by atoms with Crippen LogP contribution in [0.3, 0.4) is 0 Å². The van der Waals surface area contributed by atoms with Crippen molar-refractivity contribution in [3.63, 3.8) is 0 Å². The molecule has 0 saturated heterocycles. The molecule has 26 heavy (non-hydrogen) atoms. The maximum Gasteiger partial charge on any atom is 0.249 e. The molecular weight excluding hydrogens is 356 g/mol. The summed E-state index contributed by atoms with van der Waals surface area (Å²) in [4.78, 5) is 15.9. The summed E-state index contributed by atoms with van der Waals surface area (Å²) in [6.45, 7) is 2.47. The Bertz CT molecular complexity index is 1060. The minimum absolute atomic E-state index is 0.0499. The van der Waals surface area contributed by atoms with Crippen LogP contribution in [0.1, 0.15) is 6.92 Å². The molecule has 0 aliphatic carbocycles. The maximum atomic E-state index is 11.7. The summed E-state index contributed by atoms with van der Waals surface area (Å²) in [5, 5.41) is 6.58. The first-order chi connectivity index (χ1) is 12.4. The van der Waals surface area contributed by atoms with Crippen LogP contribution in [0.5, 0.6) is 5.75 Å². The van der Waals surface area contributed by atoms with Gasteiger partial charge in [-0.05, 0) is 25.1 Å². The van der Waals surface area contributed by atoms with Crippen molar-refractivity contribution in [2.24, 2.45) is 0 Å². The van der Waals surface area contributed by atoms with Gasteiger partial charge in [-0.3, -0.25) is 10.1 Å². The van der Waals surface area contributed by atoms with E-state index in [-0.39, 0.29) is 5.95 Å². The van der Waals surface area contributed by atoms with Gasteiger partial charge in [0.2, 0.25) is 11.9 Å². The number of hydrogen-bond acceptors (Lipinski definition) is 6. The molecule has 0 aliphatic rings. The zero-order valence-electron chi connectivity index (χ0n) is 14.3. The van der Waals surface area contributed by atoms with E-state index in [9.17, 15) is 13.2 Å². The molecule has 0 bridgehead atoms. The van der Waals surface area contributed by atoms with E-state index in [0.717, 1.165) is 23.1 Å². The maximum absolute atomic E-state index is 11.7. The Morgan fingerprint density at radius 2 is 2.00 bits per heavy atom. The zero-order valence-corrected chi connectivity index (χ0v) is 15.2. The monoisotopic (exact) mass is 374 g/mol. The first kappa shape index (κ1) is 17.9. The molecule has 2 aromatic heterocycles. The van der Waals surface area contributed by atoms with Gasteiger partial charge in [0.05, 0.1) is 6.61 Å². The van der Waals surface area contributed by atoms with Gasteiger partial charge in [-0.1, -0.05) is 18.2 Å². The topological polar surface area (TPSA) is 103 Å². The number of nitrogens with zero attached hydrogens (tertiary/aromatic N) is 3. The number of nitrogens with one attached hydrogen (secondary N) is 1. The number of ether oxygens (including phenoxy) is 1. The number of anilines is 1. The van der Waals surface area contributed by atoms with Crippen molar-refractivity contribution >= 4 is 27.3 Å². The number of benzene rings is 1. The van der Waals surface area contributed by atoms with E-state index in [4.69, 9.17) is 4.74 Å². The predicted octanol–water partition coefficient (Wildman–Crippen LogP) is 1.78. The van der Waals surface area contributed by atoms with Gasteiger partial charge in [0, 0.05) is 23.6 Å². The summed E-state index contributed by atoms with van der Waals surface area (Å²) in [6, 6.07) is 11.3. The number of carbonyl (C=O) groups is 1. The fourth-order valence-electron chi connectivity index (χ4n) is 2.48. The SMILES string of the molecule is CCOc1ccccc1-c1ccc2nc(NC(=O)CS(C)(=O)=O)nn2c1. The van der Waals surface area contributed by atoms with Gasteiger partial charge in [0.1, 0.15) is 11.5 Å². The van der Waals surface area contributed by atoms with Crippen LogP contribution in [0.25, 0.3) is 16.8 Å². The molecule has 9 heteroatoms. The second-order valence-corrected chi connectivity index (χ2v) is 7.84. The molecule has 8 nitrogen and oxygen atoms in total. The Morgan fingerprint density at radius 1 is 1.23 bits per heavy atom. The number of aromatic nitrogens is 3. The van der Waals surface area contributed by atoms with Crippen LogP contribution in [0.2, 0.25) is 0 Å². The lowest BCUT2D eigenvalue weighted by atomic mass is 10.1. The van der Waals surface area contributed by atoms with Gasteiger partial charge in [0.15, 0.2) is 15.5 Å². The fraction of sp³-hybridized carbons (Fsp3) is 0.235. The molecule has 0 saturated carbocycles. The van der Waals surface area contributed by atoms with Crippen LogP contribution in [-0.4, -0.2) is 47.5 Å². The highest BCUT2D eigenvalue weighted by atomic mass is 32.2. The molecular formula is C17H18N4O4S. The van der Waals surface area contributed by atoms with E-state index in [1.54, 1.807) is 12.3 Å². The molecule has 3 rings (SSSR count). The molecule has 0 spiro atoms. The number of para-hydroxylation sites is 1. The summed E-state index contributed by atoms with van der Waals surface area (Å²) in [5.41, 5.74) is 2.31. The first-order valence-electron chi connectivity index (χ1n) is 7.92. The molecule has 1 N–H and O–H groups in total. The normalized spacial score (nSPS) is 11.5. The van der Waals surface area contributed by atoms with Crippen LogP contribution >= 0.6 is 0 Å². The number of hydrogen-bond donors (Lipinski definition) is 1. The lowest BCUT2D eigenvalue weighted by Gasteiger charge is -2.09. The quantitative estimate of drug-likeness (QED) is 0.705. The molecule has 0 unspecified atom stereocenters. The number of carbonyl (C=O) groups excluding carboxylic acids is 1. The summed E-state index contributed by atoms with van der Waals surface area (Å²) < 4.78 is 29.5. The van der Waals surface area contributed by atoms with Crippen LogP contribution < -0.4 is 10.1 Å². The van der Waals surface area contributed by atoms with E-state index in [0.29, 0.717) is 12.3 Å². The molecule has 1 aromatic carbocycles. The van der Waals surface area contributed by atoms with Gasteiger partial charge in [-0.15, -0.1) is 5.10 Å². The average molecular weight is 374 g/mol. The predicted molar refractivity (Wildman–Crippen MR) is 97.9 cm³/mol. The lowest BCUT2D eigenvalue weighted by Crippen LogP contribution is -2.22. The van der Waals surface area contributed by atoms with Crippen molar-refractivity contribution in [3.8, 4) is 16.9 Å². The van der Waals surface area contributed by atoms with Gasteiger partial charge in [-0.25, -0.2) is 12.9 Å². The van der Waals surface area contributed by atoms with Crippen LogP contribution in [0, 0.1) is 0 Å². The minimum Gasteiger partial charge on any atom is -0.493 e. The Kier molecular flexibility index (Phi) is 4.90. The third-order valence-electron chi connectivity index (χ3n) is 3.47. The van der Waals surface area contributed by atoms with E-state index in [1.807, 2.05) is 37.3 Å². The first-order valence-corrected chi connectivity index (χ1v) is 9.98. The molecule has 0 atom stereocenters. The van der Waals surface area contributed by atoms with Crippen LogP contribution in [0.15, 0.2) is 42.6 Å². The molecule has 0 fully saturated rings. The van der Waals surface area contributed by atoms with Crippen molar-refractivity contribution < 1.29 is 17.9 Å². The third kappa shape index (κ3) is 4.17. The van der Waals surface area contributed by atoms with Gasteiger partial charge < -0.3 is 4.74 Å². The minimum atomic E-state index is -3.41. The Labute approximate surface area is 150 Å². The number of sulfone groups is 1. The highest BCUT2D eigenvalue weighted by molar-refractivity contribution is 7.91. The Morgan fingerprint density at radius 3 is 2.73 bits per heavy atom. The van der Waals surface area contributed by atoms with Crippen molar-refractivity contribution in [2.75, 3.05) is 23.9 Å². The van der Waals surface area contributed by atoms with E-state index in [1.165, 1.54) is 4.52 Å². The summed E-state index contributed by atoms with van der Waals surface area (Å²) in [7, 11) is -3.41. The van der Waals surface area contributed by atoms with Gasteiger partial charge >= 0.3 is 0 Å². The number of rotatable bonds is 6. The Balaban J connectivity index is 1.90. The van der Waals surface area contributed by atoms with Gasteiger partial charge in [-0.2, -0.15) is 4.98 Å². The summed E-state index contributed by atoms with van der Waals surface area (Å²) in [6.07, 6.45) is 2.76. The smallest absolute Gasteiger partial charge is 0.249 e. The lowest BCUT2D eigenvalue weighted by molar-refractivity contribution is -0.113. The second-order valence-electron chi connectivity index (χ2n) is 5.70. The number of pyridine rings is 1. The van der Waals surface area contributed by atoms with Crippen LogP contribution in [0.4, 0.5) is 5.95 Å². The molecule has 0 aliphatic heterocycles. The third-order valence-corrected chi connectivity index (χ3v) is 4.26. The zero-order chi connectivity index (χ0) is 18.7. The average Bonchev–Trinajstić information content (AvgIpc) is 2.95. The van der Waals surface area contributed by atoms with E-state index < -0.39 is 21.5 Å². The standard InChI is InChI=1S/C17H18N4O4S/c1-3-25-14-7-5-4-6-13(14)12-8-9-15-18-17(20-21(15)10-12)19-16(22)11-26(2,23)24/h4-10H,3,11H2,1-2H3,(H,19,20,22). The largest absolute Gasteiger partial charge is 0.493 e. The van der Waals surface area contributed by atoms with Crippen molar-refractivity contribution in [2.45, 2.75) is 6.92 Å². The molecule has 0 radical (unpaired) electrons. The molecule has 2 heterocycles. The fourth-order valence-corrected chi connectivity index (χ4v) is 3.03. The van der Waals surface area contributed by atoms with Crippen LogP contribution in [-0.2, 0) is 14.6 Å². The van der Waals surface area contributed by atoms with Crippen molar-refractivity contribution in [1.29, 1.82) is 0 Å². The van der Waals surface area contributed by atoms with Gasteiger partial charge in [0.25, 0.3) is 0 Å². The highest BCUT2D eigenvalue weighted by Gasteiger charge is 2.14. The molecule has 1 amide bonds. The second kappa shape index (κ2) is 7.12. The van der Waals surface area contributed by atoms with E-state index >= 15 is 0 Å².